The maximum absolute atomic E-state index is 12.0. The monoisotopic (exact) mass is 520 g/mol. The SMILES string of the molecule is CN=C(NCCc1cc(C)ccc1OC)NCC(C)(C)NC(=O)OC(C)(C)C.I. The van der Waals surface area contributed by atoms with Gasteiger partial charge < -0.3 is 25.4 Å². The Labute approximate surface area is 192 Å². The molecule has 1 aromatic rings. The first kappa shape index (κ1) is 27.3. The molecule has 0 unspecified atom stereocenters. The van der Waals surface area contributed by atoms with Crippen LogP contribution in [0.25, 0.3) is 0 Å². The second-order valence-electron chi connectivity index (χ2n) is 8.43. The van der Waals surface area contributed by atoms with Crippen molar-refractivity contribution in [3.8, 4) is 5.75 Å². The van der Waals surface area contributed by atoms with Gasteiger partial charge in [0.25, 0.3) is 0 Å². The molecule has 0 radical (unpaired) electrons. The summed E-state index contributed by atoms with van der Waals surface area (Å²) in [6.45, 7) is 12.6. The van der Waals surface area contributed by atoms with Gasteiger partial charge in [0.1, 0.15) is 11.4 Å². The predicted molar refractivity (Wildman–Crippen MR) is 130 cm³/mol. The van der Waals surface area contributed by atoms with E-state index in [1.165, 1.54) is 5.56 Å². The summed E-state index contributed by atoms with van der Waals surface area (Å²) in [5.74, 6) is 1.56. The number of guanidine groups is 1. The zero-order valence-corrected chi connectivity index (χ0v) is 21.3. The maximum atomic E-state index is 12.0. The lowest BCUT2D eigenvalue weighted by molar-refractivity contribution is 0.0474. The van der Waals surface area contributed by atoms with E-state index in [1.54, 1.807) is 14.2 Å². The molecule has 1 aromatic carbocycles. The van der Waals surface area contributed by atoms with Crippen LogP contribution in [0.5, 0.6) is 5.75 Å². The van der Waals surface area contributed by atoms with E-state index < -0.39 is 17.2 Å². The van der Waals surface area contributed by atoms with E-state index >= 15 is 0 Å². The first-order valence-electron chi connectivity index (χ1n) is 9.55. The minimum atomic E-state index is -0.526. The van der Waals surface area contributed by atoms with Crippen molar-refractivity contribution in [1.29, 1.82) is 0 Å². The molecule has 0 atom stereocenters. The molecule has 3 N–H and O–H groups in total. The van der Waals surface area contributed by atoms with Crippen LogP contribution in [0.3, 0.4) is 0 Å². The summed E-state index contributed by atoms with van der Waals surface area (Å²) in [5.41, 5.74) is 1.33. The Bertz CT molecular complexity index is 685. The highest BCUT2D eigenvalue weighted by Gasteiger charge is 2.24. The van der Waals surface area contributed by atoms with Crippen LogP contribution >= 0.6 is 24.0 Å². The molecular formula is C21H37IN4O3. The minimum absolute atomic E-state index is 0. The zero-order valence-electron chi connectivity index (χ0n) is 18.9. The van der Waals surface area contributed by atoms with Gasteiger partial charge in [-0.3, -0.25) is 4.99 Å². The highest BCUT2D eigenvalue weighted by Crippen LogP contribution is 2.19. The number of methoxy groups -OCH3 is 1. The number of nitrogens with zero attached hydrogens (tertiary/aromatic N) is 1. The third-order valence-corrected chi connectivity index (χ3v) is 3.88. The van der Waals surface area contributed by atoms with E-state index in [0.29, 0.717) is 19.0 Å². The van der Waals surface area contributed by atoms with Crippen molar-refractivity contribution in [3.05, 3.63) is 29.3 Å². The third-order valence-electron chi connectivity index (χ3n) is 3.88. The van der Waals surface area contributed by atoms with E-state index in [-0.39, 0.29) is 24.0 Å². The van der Waals surface area contributed by atoms with E-state index in [2.05, 4.69) is 33.9 Å². The molecule has 1 amide bonds. The molecule has 7 nitrogen and oxygen atoms in total. The summed E-state index contributed by atoms with van der Waals surface area (Å²) in [7, 11) is 3.40. The van der Waals surface area contributed by atoms with E-state index in [1.807, 2.05) is 46.8 Å². The quantitative estimate of drug-likeness (QED) is 0.291. The van der Waals surface area contributed by atoms with Crippen LogP contribution in [0.4, 0.5) is 4.79 Å². The second kappa shape index (κ2) is 12.1. The molecular weight excluding hydrogens is 483 g/mol. The van der Waals surface area contributed by atoms with Crippen molar-refractivity contribution in [2.75, 3.05) is 27.2 Å². The number of amides is 1. The first-order valence-corrected chi connectivity index (χ1v) is 9.55. The number of hydrogen-bond acceptors (Lipinski definition) is 4. The summed E-state index contributed by atoms with van der Waals surface area (Å²) in [5, 5.41) is 9.41. The van der Waals surface area contributed by atoms with Crippen molar-refractivity contribution in [2.45, 2.75) is 59.1 Å². The molecule has 29 heavy (non-hydrogen) atoms. The molecule has 0 aliphatic heterocycles. The second-order valence-corrected chi connectivity index (χ2v) is 8.43. The number of ether oxygens (including phenoxy) is 2. The molecule has 0 saturated carbocycles. The molecule has 0 aromatic heterocycles. The number of nitrogens with one attached hydrogen (secondary N) is 3. The van der Waals surface area contributed by atoms with Crippen molar-refractivity contribution in [2.24, 2.45) is 4.99 Å². The van der Waals surface area contributed by atoms with Crippen LogP contribution in [0.15, 0.2) is 23.2 Å². The van der Waals surface area contributed by atoms with Crippen molar-refractivity contribution < 1.29 is 14.3 Å². The summed E-state index contributed by atoms with van der Waals surface area (Å²) >= 11 is 0. The number of aliphatic imine (C=N–C) groups is 1. The topological polar surface area (TPSA) is 84.0 Å². The highest BCUT2D eigenvalue weighted by molar-refractivity contribution is 14.0. The number of rotatable bonds is 7. The number of benzene rings is 1. The number of hydrogen-bond donors (Lipinski definition) is 3. The Kier molecular flexibility index (Phi) is 11.4. The van der Waals surface area contributed by atoms with Crippen molar-refractivity contribution >= 4 is 36.0 Å². The molecule has 0 saturated heterocycles. The van der Waals surface area contributed by atoms with Gasteiger partial charge >= 0.3 is 6.09 Å². The molecule has 0 fully saturated rings. The van der Waals surface area contributed by atoms with Crippen LogP contribution in [-0.4, -0.2) is 50.4 Å². The van der Waals surface area contributed by atoms with Gasteiger partial charge in [0.2, 0.25) is 0 Å². The third kappa shape index (κ3) is 11.2. The van der Waals surface area contributed by atoms with Gasteiger partial charge in [-0.1, -0.05) is 17.7 Å². The smallest absolute Gasteiger partial charge is 0.408 e. The highest BCUT2D eigenvalue weighted by atomic mass is 127. The zero-order chi connectivity index (χ0) is 21.4. The molecule has 0 aliphatic carbocycles. The maximum Gasteiger partial charge on any atom is 0.408 e. The normalized spacial score (nSPS) is 11.9. The lowest BCUT2D eigenvalue weighted by Crippen LogP contribution is -2.54. The van der Waals surface area contributed by atoms with Crippen molar-refractivity contribution in [1.82, 2.24) is 16.0 Å². The molecule has 0 aliphatic rings. The van der Waals surface area contributed by atoms with Gasteiger partial charge in [0.05, 0.1) is 12.6 Å². The summed E-state index contributed by atoms with van der Waals surface area (Å²) in [6, 6.07) is 6.16. The molecule has 0 spiro atoms. The van der Waals surface area contributed by atoms with Gasteiger partial charge in [-0.25, -0.2) is 4.79 Å². The van der Waals surface area contributed by atoms with Gasteiger partial charge in [0.15, 0.2) is 5.96 Å². The molecule has 1 rings (SSSR count). The summed E-state index contributed by atoms with van der Waals surface area (Å²) in [4.78, 5) is 16.2. The summed E-state index contributed by atoms with van der Waals surface area (Å²) in [6.07, 6.45) is 0.374. The van der Waals surface area contributed by atoms with E-state index in [0.717, 1.165) is 17.7 Å². The average Bonchev–Trinajstić information content (AvgIpc) is 2.55. The standard InChI is InChI=1S/C21H36N4O3.HI/c1-15-9-10-17(27-8)16(13-15)11-12-23-18(22-7)24-14-21(5,6)25-19(26)28-20(2,3)4;/h9-10,13H,11-12,14H2,1-8H3,(H,25,26)(H2,22,23,24);1H. The minimum Gasteiger partial charge on any atom is -0.496 e. The van der Waals surface area contributed by atoms with Gasteiger partial charge in [-0.2, -0.15) is 0 Å². The number of halogens is 1. The lowest BCUT2D eigenvalue weighted by Gasteiger charge is -2.29. The van der Waals surface area contributed by atoms with Crippen molar-refractivity contribution in [3.63, 3.8) is 0 Å². The van der Waals surface area contributed by atoms with E-state index in [4.69, 9.17) is 9.47 Å². The molecule has 0 bridgehead atoms. The van der Waals surface area contributed by atoms with Crippen LogP contribution in [0, 0.1) is 6.92 Å². The van der Waals surface area contributed by atoms with Gasteiger partial charge in [0, 0.05) is 20.1 Å². The fourth-order valence-corrected chi connectivity index (χ4v) is 2.57. The fourth-order valence-electron chi connectivity index (χ4n) is 2.57. The Morgan fingerprint density at radius 3 is 2.34 bits per heavy atom. The Hall–Kier alpha value is -1.71. The lowest BCUT2D eigenvalue weighted by atomic mass is 10.1. The molecule has 8 heteroatoms. The van der Waals surface area contributed by atoms with Crippen LogP contribution in [0.2, 0.25) is 0 Å². The Morgan fingerprint density at radius 1 is 1.14 bits per heavy atom. The number of carbonyl (C=O) groups excluding carboxylic acids is 1. The fraction of sp³-hybridized carbons (Fsp3) is 0.619. The Morgan fingerprint density at radius 2 is 1.79 bits per heavy atom. The number of carbonyl (C=O) groups is 1. The van der Waals surface area contributed by atoms with Gasteiger partial charge in [-0.05, 0) is 59.6 Å². The van der Waals surface area contributed by atoms with Crippen LogP contribution in [-0.2, 0) is 11.2 Å². The number of alkyl carbamates (subject to hydrolysis) is 1. The van der Waals surface area contributed by atoms with Crippen LogP contribution < -0.4 is 20.7 Å². The van der Waals surface area contributed by atoms with Crippen LogP contribution in [0.1, 0.15) is 45.7 Å². The first-order chi connectivity index (χ1) is 13.0. The number of aryl methyl sites for hydroxylation is 1. The Balaban J connectivity index is 0.00000784. The summed E-state index contributed by atoms with van der Waals surface area (Å²) < 4.78 is 10.7. The molecule has 0 heterocycles. The largest absolute Gasteiger partial charge is 0.496 e. The van der Waals surface area contributed by atoms with Gasteiger partial charge in [-0.15, -0.1) is 24.0 Å². The van der Waals surface area contributed by atoms with E-state index in [9.17, 15) is 4.79 Å². The average molecular weight is 520 g/mol. The molecule has 166 valence electrons. The predicted octanol–water partition coefficient (Wildman–Crippen LogP) is 3.63.